The van der Waals surface area contributed by atoms with Crippen LogP contribution in [0.5, 0.6) is 0 Å². The van der Waals surface area contributed by atoms with E-state index in [2.05, 4.69) is 0 Å². The molecule has 1 aromatic heterocycles. The standard InChI is InChI=1S/C15H16FNO2/c1-10-8-14(18)13(15(2,3)19)9-17(10)12-6-4-11(16)5-7-12/h4-9,19H,1-3H3. The van der Waals surface area contributed by atoms with Gasteiger partial charge < -0.3 is 9.67 Å². The van der Waals surface area contributed by atoms with E-state index in [1.165, 1.54) is 18.2 Å². The number of benzene rings is 1. The van der Waals surface area contributed by atoms with Crippen molar-refractivity contribution in [2.24, 2.45) is 0 Å². The molecule has 0 saturated carbocycles. The first-order chi connectivity index (χ1) is 8.79. The van der Waals surface area contributed by atoms with Crippen LogP contribution in [0.2, 0.25) is 0 Å². The lowest BCUT2D eigenvalue weighted by Crippen LogP contribution is -2.27. The van der Waals surface area contributed by atoms with Crippen LogP contribution in [0.15, 0.2) is 41.3 Å². The molecule has 0 radical (unpaired) electrons. The van der Waals surface area contributed by atoms with E-state index in [-0.39, 0.29) is 11.2 Å². The Morgan fingerprint density at radius 2 is 1.79 bits per heavy atom. The molecule has 0 spiro atoms. The van der Waals surface area contributed by atoms with Crippen molar-refractivity contribution in [1.29, 1.82) is 0 Å². The Hall–Kier alpha value is -1.94. The summed E-state index contributed by atoms with van der Waals surface area (Å²) in [7, 11) is 0. The van der Waals surface area contributed by atoms with Crippen LogP contribution in [0.4, 0.5) is 4.39 Å². The fraction of sp³-hybridized carbons (Fsp3) is 0.267. The molecule has 0 amide bonds. The van der Waals surface area contributed by atoms with Gasteiger partial charge in [-0.25, -0.2) is 4.39 Å². The van der Waals surface area contributed by atoms with Crippen LogP contribution in [0.1, 0.15) is 25.1 Å². The fourth-order valence-electron chi connectivity index (χ4n) is 1.97. The summed E-state index contributed by atoms with van der Waals surface area (Å²) in [6.07, 6.45) is 1.60. The van der Waals surface area contributed by atoms with E-state index in [0.717, 1.165) is 11.4 Å². The largest absolute Gasteiger partial charge is 0.386 e. The first-order valence-electron chi connectivity index (χ1n) is 6.01. The Bertz CT molecular complexity index is 651. The molecular weight excluding hydrogens is 245 g/mol. The molecule has 1 heterocycles. The Balaban J connectivity index is 2.64. The molecule has 2 aromatic rings. The topological polar surface area (TPSA) is 42.2 Å². The molecule has 0 aliphatic carbocycles. The Labute approximate surface area is 110 Å². The van der Waals surface area contributed by atoms with E-state index in [1.54, 1.807) is 43.7 Å². The summed E-state index contributed by atoms with van der Waals surface area (Å²) in [6, 6.07) is 7.44. The van der Waals surface area contributed by atoms with Crippen LogP contribution in [0, 0.1) is 12.7 Å². The zero-order valence-electron chi connectivity index (χ0n) is 11.1. The lowest BCUT2D eigenvalue weighted by molar-refractivity contribution is 0.0769. The number of pyridine rings is 1. The van der Waals surface area contributed by atoms with Gasteiger partial charge in [0.05, 0.1) is 5.60 Å². The Kier molecular flexibility index (Phi) is 3.28. The summed E-state index contributed by atoms with van der Waals surface area (Å²) in [5.41, 5.74) is 0.354. The molecule has 0 atom stereocenters. The van der Waals surface area contributed by atoms with Gasteiger partial charge in [-0.05, 0) is 45.0 Å². The van der Waals surface area contributed by atoms with Crippen LogP contribution in [-0.4, -0.2) is 9.67 Å². The third-order valence-electron chi connectivity index (χ3n) is 3.01. The second-order valence-corrected chi connectivity index (χ2v) is 5.10. The van der Waals surface area contributed by atoms with E-state index >= 15 is 0 Å². The van der Waals surface area contributed by atoms with Crippen molar-refractivity contribution >= 4 is 0 Å². The zero-order chi connectivity index (χ0) is 14.2. The first-order valence-corrected chi connectivity index (χ1v) is 6.01. The summed E-state index contributed by atoms with van der Waals surface area (Å²) in [5, 5.41) is 10.0. The van der Waals surface area contributed by atoms with Gasteiger partial charge in [-0.2, -0.15) is 0 Å². The Morgan fingerprint density at radius 1 is 1.21 bits per heavy atom. The number of rotatable bonds is 2. The molecule has 4 heteroatoms. The van der Waals surface area contributed by atoms with E-state index < -0.39 is 5.60 Å². The number of halogens is 1. The van der Waals surface area contributed by atoms with Crippen molar-refractivity contribution in [2.75, 3.05) is 0 Å². The van der Waals surface area contributed by atoms with Gasteiger partial charge in [-0.15, -0.1) is 0 Å². The maximum Gasteiger partial charge on any atom is 0.187 e. The molecule has 0 aliphatic heterocycles. The summed E-state index contributed by atoms with van der Waals surface area (Å²) in [6.45, 7) is 4.92. The summed E-state index contributed by atoms with van der Waals surface area (Å²) in [4.78, 5) is 11.9. The van der Waals surface area contributed by atoms with E-state index in [0.29, 0.717) is 5.56 Å². The van der Waals surface area contributed by atoms with Gasteiger partial charge in [-0.3, -0.25) is 4.79 Å². The van der Waals surface area contributed by atoms with Crippen molar-refractivity contribution in [3.63, 3.8) is 0 Å². The van der Waals surface area contributed by atoms with Crippen LogP contribution in [0.3, 0.4) is 0 Å². The maximum absolute atomic E-state index is 12.9. The van der Waals surface area contributed by atoms with Crippen molar-refractivity contribution in [1.82, 2.24) is 4.57 Å². The average Bonchev–Trinajstić information content (AvgIpc) is 2.29. The number of aromatic nitrogens is 1. The SMILES string of the molecule is Cc1cc(=O)c(C(C)(C)O)cn1-c1ccc(F)cc1. The fourth-order valence-corrected chi connectivity index (χ4v) is 1.97. The second-order valence-electron chi connectivity index (χ2n) is 5.10. The minimum atomic E-state index is -1.22. The summed E-state index contributed by atoms with van der Waals surface area (Å²) in [5.74, 6) is -0.315. The van der Waals surface area contributed by atoms with Crippen LogP contribution < -0.4 is 5.43 Å². The van der Waals surface area contributed by atoms with Crippen LogP contribution >= 0.6 is 0 Å². The predicted octanol–water partition coefficient (Wildman–Crippen LogP) is 2.51. The highest BCUT2D eigenvalue weighted by atomic mass is 19.1. The monoisotopic (exact) mass is 261 g/mol. The minimum Gasteiger partial charge on any atom is -0.386 e. The third-order valence-corrected chi connectivity index (χ3v) is 3.01. The van der Waals surface area contributed by atoms with Crippen molar-refractivity contribution < 1.29 is 9.50 Å². The van der Waals surface area contributed by atoms with Crippen LogP contribution in [0.25, 0.3) is 5.69 Å². The van der Waals surface area contributed by atoms with Gasteiger partial charge in [0.2, 0.25) is 0 Å². The normalized spacial score (nSPS) is 11.6. The number of aliphatic hydroxyl groups is 1. The minimum absolute atomic E-state index is 0.205. The highest BCUT2D eigenvalue weighted by Crippen LogP contribution is 2.19. The lowest BCUT2D eigenvalue weighted by Gasteiger charge is -2.20. The van der Waals surface area contributed by atoms with Gasteiger partial charge in [0.25, 0.3) is 0 Å². The van der Waals surface area contributed by atoms with E-state index in [9.17, 15) is 14.3 Å². The zero-order valence-corrected chi connectivity index (χ0v) is 11.1. The molecule has 1 N–H and O–H groups in total. The molecule has 0 unspecified atom stereocenters. The molecular formula is C15H16FNO2. The molecule has 0 bridgehead atoms. The number of aryl methyl sites for hydroxylation is 1. The van der Waals surface area contributed by atoms with E-state index in [4.69, 9.17) is 0 Å². The molecule has 2 rings (SSSR count). The summed E-state index contributed by atoms with van der Waals surface area (Å²) < 4.78 is 14.7. The highest BCUT2D eigenvalue weighted by Gasteiger charge is 2.20. The van der Waals surface area contributed by atoms with Crippen molar-refractivity contribution in [3.8, 4) is 5.69 Å². The quantitative estimate of drug-likeness (QED) is 0.902. The van der Waals surface area contributed by atoms with E-state index in [1.807, 2.05) is 0 Å². The lowest BCUT2D eigenvalue weighted by atomic mass is 9.99. The molecule has 0 saturated heterocycles. The van der Waals surface area contributed by atoms with Gasteiger partial charge in [0.15, 0.2) is 5.43 Å². The average molecular weight is 261 g/mol. The van der Waals surface area contributed by atoms with Crippen molar-refractivity contribution in [2.45, 2.75) is 26.4 Å². The third kappa shape index (κ3) is 2.74. The van der Waals surface area contributed by atoms with Crippen LogP contribution in [-0.2, 0) is 5.60 Å². The summed E-state index contributed by atoms with van der Waals surface area (Å²) >= 11 is 0. The maximum atomic E-state index is 12.9. The predicted molar refractivity (Wildman–Crippen MR) is 72.0 cm³/mol. The van der Waals surface area contributed by atoms with Gasteiger partial charge in [0, 0.05) is 29.2 Å². The highest BCUT2D eigenvalue weighted by molar-refractivity contribution is 5.36. The second kappa shape index (κ2) is 4.63. The number of nitrogens with zero attached hydrogens (tertiary/aromatic N) is 1. The molecule has 1 aromatic carbocycles. The van der Waals surface area contributed by atoms with Gasteiger partial charge in [-0.1, -0.05) is 0 Å². The van der Waals surface area contributed by atoms with Crippen molar-refractivity contribution in [3.05, 3.63) is 63.8 Å². The number of hydrogen-bond acceptors (Lipinski definition) is 2. The van der Waals surface area contributed by atoms with Gasteiger partial charge >= 0.3 is 0 Å². The Morgan fingerprint density at radius 3 is 2.32 bits per heavy atom. The molecule has 0 fully saturated rings. The molecule has 100 valence electrons. The van der Waals surface area contributed by atoms with Gasteiger partial charge in [0.1, 0.15) is 5.82 Å². The molecule has 0 aliphatic rings. The molecule has 19 heavy (non-hydrogen) atoms. The number of hydrogen-bond donors (Lipinski definition) is 1. The molecule has 3 nitrogen and oxygen atoms in total. The smallest absolute Gasteiger partial charge is 0.187 e. The first kappa shape index (κ1) is 13.5.